The molecule has 2 unspecified atom stereocenters. The van der Waals surface area contributed by atoms with Gasteiger partial charge < -0.3 is 4.74 Å². The molecule has 1 fully saturated rings. The third kappa shape index (κ3) is 3.43. The maximum Gasteiger partial charge on any atom is 0.410 e. The summed E-state index contributed by atoms with van der Waals surface area (Å²) in [7, 11) is 0. The number of nitrogens with zero attached hydrogens (tertiary/aromatic N) is 2. The summed E-state index contributed by atoms with van der Waals surface area (Å²) in [6.07, 6.45) is 4.98. The zero-order chi connectivity index (χ0) is 24.2. The van der Waals surface area contributed by atoms with Crippen LogP contribution in [0.5, 0.6) is 0 Å². The standard InChI is InChI=1S/C32H28N2O2/c1-20-10-11-22-16-21(12-15-31(22)33-20)23-17-24-13-14-25(18-23)34(24)32(35)36-19-30-28-8-4-2-6-26(28)27-7-3-5-9-29(27)30/h2-12,15-17,24-25,30H,13-14,18-19H2,1H3. The molecule has 7 rings (SSSR count). The SMILES string of the molecule is Cc1ccc2cc(C3=CC4CCC(C3)N4C(=O)OCC3c4ccccc4-c4ccccc43)ccc2n1. The van der Waals surface area contributed by atoms with Gasteiger partial charge in [-0.25, -0.2) is 4.79 Å². The minimum atomic E-state index is -0.183. The molecule has 3 aromatic carbocycles. The summed E-state index contributed by atoms with van der Waals surface area (Å²) in [6, 6.07) is 27.9. The van der Waals surface area contributed by atoms with Gasteiger partial charge in [0.2, 0.25) is 0 Å². The van der Waals surface area contributed by atoms with Gasteiger partial charge in [-0.2, -0.15) is 0 Å². The number of carbonyl (C=O) groups excluding carboxylic acids is 1. The molecule has 0 saturated carbocycles. The first-order chi connectivity index (χ1) is 17.7. The second-order valence-electron chi connectivity index (χ2n) is 10.3. The van der Waals surface area contributed by atoms with E-state index in [1.165, 1.54) is 33.4 Å². The lowest BCUT2D eigenvalue weighted by Gasteiger charge is -2.33. The quantitative estimate of drug-likeness (QED) is 0.319. The first kappa shape index (κ1) is 21.4. The maximum atomic E-state index is 13.4. The second kappa shape index (κ2) is 8.34. The van der Waals surface area contributed by atoms with Crippen molar-refractivity contribution in [2.75, 3.05) is 6.61 Å². The molecule has 1 saturated heterocycles. The van der Waals surface area contributed by atoms with Crippen molar-refractivity contribution < 1.29 is 9.53 Å². The number of hydrogen-bond acceptors (Lipinski definition) is 3. The zero-order valence-corrected chi connectivity index (χ0v) is 20.4. The van der Waals surface area contributed by atoms with Gasteiger partial charge in [-0.1, -0.05) is 66.7 Å². The van der Waals surface area contributed by atoms with Crippen molar-refractivity contribution >= 4 is 22.6 Å². The Kier molecular flexibility index (Phi) is 4.95. The third-order valence-electron chi connectivity index (χ3n) is 8.14. The van der Waals surface area contributed by atoms with Crippen LogP contribution >= 0.6 is 0 Å². The van der Waals surface area contributed by atoms with E-state index < -0.39 is 0 Å². The normalized spacial score (nSPS) is 20.2. The highest BCUT2D eigenvalue weighted by atomic mass is 16.6. The van der Waals surface area contributed by atoms with E-state index in [9.17, 15) is 4.79 Å². The van der Waals surface area contributed by atoms with Crippen LogP contribution in [0.2, 0.25) is 0 Å². The van der Waals surface area contributed by atoms with Gasteiger partial charge in [-0.15, -0.1) is 0 Å². The molecule has 2 aliphatic heterocycles. The fraction of sp³-hybridized carbons (Fsp3) is 0.250. The topological polar surface area (TPSA) is 42.4 Å². The number of amides is 1. The van der Waals surface area contributed by atoms with Gasteiger partial charge in [0.1, 0.15) is 6.61 Å². The minimum absolute atomic E-state index is 0.0877. The van der Waals surface area contributed by atoms with E-state index in [2.05, 4.69) is 89.9 Å². The van der Waals surface area contributed by atoms with Crippen LogP contribution in [-0.4, -0.2) is 34.7 Å². The van der Waals surface area contributed by atoms with Crippen molar-refractivity contribution in [2.45, 2.75) is 44.2 Å². The number of benzene rings is 3. The van der Waals surface area contributed by atoms with Crippen LogP contribution in [-0.2, 0) is 4.74 Å². The Hall–Kier alpha value is -3.92. The molecule has 1 amide bonds. The van der Waals surface area contributed by atoms with E-state index in [1.807, 2.05) is 11.8 Å². The molecule has 178 valence electrons. The van der Waals surface area contributed by atoms with Crippen LogP contribution < -0.4 is 0 Å². The van der Waals surface area contributed by atoms with Gasteiger partial charge in [0.05, 0.1) is 11.6 Å². The van der Waals surface area contributed by atoms with Crippen LogP contribution in [0.1, 0.15) is 47.6 Å². The van der Waals surface area contributed by atoms with Crippen LogP contribution in [0, 0.1) is 6.92 Å². The number of carbonyl (C=O) groups is 1. The van der Waals surface area contributed by atoms with Crippen molar-refractivity contribution in [2.24, 2.45) is 0 Å². The molecule has 0 radical (unpaired) electrons. The molecule has 0 spiro atoms. The van der Waals surface area contributed by atoms with E-state index in [0.29, 0.717) is 6.61 Å². The fourth-order valence-electron chi connectivity index (χ4n) is 6.42. The monoisotopic (exact) mass is 472 g/mol. The molecule has 1 aromatic heterocycles. The average Bonchev–Trinajstić information content (AvgIpc) is 3.37. The maximum absolute atomic E-state index is 13.4. The Morgan fingerprint density at radius 2 is 1.69 bits per heavy atom. The summed E-state index contributed by atoms with van der Waals surface area (Å²) in [6.45, 7) is 2.39. The minimum Gasteiger partial charge on any atom is -0.448 e. The predicted molar refractivity (Wildman–Crippen MR) is 143 cm³/mol. The van der Waals surface area contributed by atoms with Crippen molar-refractivity contribution in [3.05, 3.63) is 107 Å². The van der Waals surface area contributed by atoms with E-state index in [4.69, 9.17) is 4.74 Å². The molecule has 4 aromatic rings. The summed E-state index contributed by atoms with van der Waals surface area (Å²) in [4.78, 5) is 20.0. The van der Waals surface area contributed by atoms with Gasteiger partial charge >= 0.3 is 6.09 Å². The largest absolute Gasteiger partial charge is 0.448 e. The summed E-state index contributed by atoms with van der Waals surface area (Å²) < 4.78 is 6.02. The smallest absolute Gasteiger partial charge is 0.410 e. The number of aryl methyl sites for hydroxylation is 1. The molecule has 0 N–H and O–H groups in total. The Balaban J connectivity index is 1.10. The summed E-state index contributed by atoms with van der Waals surface area (Å²) >= 11 is 0. The van der Waals surface area contributed by atoms with E-state index in [-0.39, 0.29) is 24.1 Å². The first-order valence-corrected chi connectivity index (χ1v) is 12.9. The molecular formula is C32H28N2O2. The van der Waals surface area contributed by atoms with Crippen molar-refractivity contribution in [1.29, 1.82) is 0 Å². The van der Waals surface area contributed by atoms with Crippen molar-refractivity contribution in [1.82, 2.24) is 9.88 Å². The van der Waals surface area contributed by atoms with Crippen LogP contribution in [0.25, 0.3) is 27.6 Å². The third-order valence-corrected chi connectivity index (χ3v) is 8.14. The second-order valence-corrected chi connectivity index (χ2v) is 10.3. The van der Waals surface area contributed by atoms with Gasteiger partial charge in [-0.05, 0) is 77.8 Å². The number of pyridine rings is 1. The van der Waals surface area contributed by atoms with Crippen molar-refractivity contribution in [3.63, 3.8) is 0 Å². The Labute approximate surface area is 211 Å². The van der Waals surface area contributed by atoms with Crippen molar-refractivity contribution in [3.8, 4) is 11.1 Å². The number of aromatic nitrogens is 1. The molecule has 1 aliphatic carbocycles. The molecule has 4 nitrogen and oxygen atoms in total. The number of hydrogen-bond donors (Lipinski definition) is 0. The van der Waals surface area contributed by atoms with Gasteiger partial charge in [0.25, 0.3) is 0 Å². The lowest BCUT2D eigenvalue weighted by atomic mass is 9.94. The highest BCUT2D eigenvalue weighted by Crippen LogP contribution is 2.45. The molecule has 3 aliphatic rings. The van der Waals surface area contributed by atoms with Gasteiger partial charge in [-0.3, -0.25) is 9.88 Å². The summed E-state index contributed by atoms with van der Waals surface area (Å²) in [5.41, 5.74) is 9.61. The van der Waals surface area contributed by atoms with Crippen LogP contribution in [0.4, 0.5) is 4.79 Å². The van der Waals surface area contributed by atoms with E-state index in [0.717, 1.165) is 35.9 Å². The number of rotatable bonds is 3. The average molecular weight is 473 g/mol. The molecule has 2 atom stereocenters. The van der Waals surface area contributed by atoms with E-state index in [1.54, 1.807) is 0 Å². The highest BCUT2D eigenvalue weighted by Gasteiger charge is 2.41. The Morgan fingerprint density at radius 3 is 2.44 bits per heavy atom. The molecule has 36 heavy (non-hydrogen) atoms. The summed E-state index contributed by atoms with van der Waals surface area (Å²) in [5.74, 6) is 0.0877. The Bertz CT molecular complexity index is 1490. The van der Waals surface area contributed by atoms with E-state index >= 15 is 0 Å². The summed E-state index contributed by atoms with van der Waals surface area (Å²) in [5, 5.41) is 1.16. The lowest BCUT2D eigenvalue weighted by Crippen LogP contribution is -2.43. The number of fused-ring (bicyclic) bond motifs is 6. The van der Waals surface area contributed by atoms with Crippen LogP contribution in [0.3, 0.4) is 0 Å². The number of ether oxygens (including phenoxy) is 1. The molecular weight excluding hydrogens is 444 g/mol. The Morgan fingerprint density at radius 1 is 0.944 bits per heavy atom. The molecule has 3 heterocycles. The lowest BCUT2D eigenvalue weighted by molar-refractivity contribution is 0.0866. The molecule has 4 heteroatoms. The predicted octanol–water partition coefficient (Wildman–Crippen LogP) is 7.11. The zero-order valence-electron chi connectivity index (χ0n) is 20.4. The van der Waals surface area contributed by atoms with Gasteiger partial charge in [0.15, 0.2) is 0 Å². The molecule has 2 bridgehead atoms. The highest BCUT2D eigenvalue weighted by molar-refractivity contribution is 5.85. The van der Waals surface area contributed by atoms with Crippen LogP contribution in [0.15, 0.2) is 84.9 Å². The fourth-order valence-corrected chi connectivity index (χ4v) is 6.42. The first-order valence-electron chi connectivity index (χ1n) is 12.9. The van der Waals surface area contributed by atoms with Gasteiger partial charge in [0, 0.05) is 23.0 Å².